The standard InChI is InChI=1S/C27H26F3N3O5/c1-15-13-17(19-5-2-3-7-21(19)31-15)14-38-18-11-9-16(10-12-18)24(34)33-23-20(25(35)36)6-4-8-22(23)32-26(37)27(28,29)30/h2-3,5,7,9-13,20,22-23H,4,6,8,14H2,1H3,(H,32,37)(H,33,34)(H,35,36)/t20-,22-,23?/m0/s1. The van der Waals surface area contributed by atoms with E-state index in [1.165, 1.54) is 12.1 Å². The van der Waals surface area contributed by atoms with Gasteiger partial charge in [-0.2, -0.15) is 13.2 Å². The highest BCUT2D eigenvalue weighted by atomic mass is 19.4. The third-order valence-electron chi connectivity index (χ3n) is 6.53. The highest BCUT2D eigenvalue weighted by Gasteiger charge is 2.44. The van der Waals surface area contributed by atoms with Gasteiger partial charge in [-0.1, -0.05) is 24.6 Å². The first-order chi connectivity index (χ1) is 18.0. The monoisotopic (exact) mass is 529 g/mol. The van der Waals surface area contributed by atoms with E-state index in [0.717, 1.165) is 22.2 Å². The van der Waals surface area contributed by atoms with Crippen molar-refractivity contribution in [2.75, 3.05) is 0 Å². The van der Waals surface area contributed by atoms with Gasteiger partial charge in [-0.05, 0) is 56.2 Å². The summed E-state index contributed by atoms with van der Waals surface area (Å²) in [6, 6.07) is 13.3. The highest BCUT2D eigenvalue weighted by Crippen LogP contribution is 2.27. The van der Waals surface area contributed by atoms with Crippen LogP contribution in [-0.2, 0) is 16.2 Å². The van der Waals surface area contributed by atoms with E-state index >= 15 is 0 Å². The van der Waals surface area contributed by atoms with Gasteiger partial charge in [0, 0.05) is 22.2 Å². The smallest absolute Gasteiger partial charge is 0.471 e. The van der Waals surface area contributed by atoms with Crippen molar-refractivity contribution in [3.63, 3.8) is 0 Å². The Morgan fingerprint density at radius 2 is 1.76 bits per heavy atom. The van der Waals surface area contributed by atoms with E-state index in [4.69, 9.17) is 4.74 Å². The summed E-state index contributed by atoms with van der Waals surface area (Å²) in [5.74, 6) is -4.77. The molecule has 1 fully saturated rings. The maximum absolute atomic E-state index is 12.9. The predicted molar refractivity (Wildman–Crippen MR) is 131 cm³/mol. The number of carboxylic acids is 1. The summed E-state index contributed by atoms with van der Waals surface area (Å²) in [7, 11) is 0. The Bertz CT molecular complexity index is 1340. The Labute approximate surface area is 216 Å². The SMILES string of the molecule is Cc1cc(COc2ccc(C(=O)NC3[C@@H](NC(=O)C(F)(F)F)CCC[C@@H]3C(=O)O)cc2)c2ccccc2n1. The molecule has 8 nitrogen and oxygen atoms in total. The minimum absolute atomic E-state index is 0.104. The molecule has 1 aliphatic rings. The number of carbonyl (C=O) groups excluding carboxylic acids is 2. The van der Waals surface area contributed by atoms with Crippen molar-refractivity contribution >= 4 is 28.7 Å². The summed E-state index contributed by atoms with van der Waals surface area (Å²) in [4.78, 5) is 40.6. The van der Waals surface area contributed by atoms with Gasteiger partial charge in [0.05, 0.1) is 23.5 Å². The number of pyridine rings is 1. The summed E-state index contributed by atoms with van der Waals surface area (Å²) in [6.07, 6.45) is -4.56. The van der Waals surface area contributed by atoms with Gasteiger partial charge in [-0.15, -0.1) is 0 Å². The number of benzene rings is 2. The van der Waals surface area contributed by atoms with Crippen LogP contribution in [0.4, 0.5) is 13.2 Å². The summed E-state index contributed by atoms with van der Waals surface area (Å²) in [5.41, 5.74) is 2.81. The molecule has 2 amide bonds. The first-order valence-electron chi connectivity index (χ1n) is 12.0. The van der Waals surface area contributed by atoms with Crippen molar-refractivity contribution in [2.24, 2.45) is 5.92 Å². The molecule has 0 bridgehead atoms. The zero-order chi connectivity index (χ0) is 27.4. The molecular weight excluding hydrogens is 503 g/mol. The molecule has 1 aliphatic carbocycles. The molecule has 3 atom stereocenters. The number of alkyl halides is 3. The number of carbonyl (C=O) groups is 3. The minimum atomic E-state index is -5.12. The van der Waals surface area contributed by atoms with Crippen molar-refractivity contribution < 1.29 is 37.4 Å². The fourth-order valence-corrected chi connectivity index (χ4v) is 4.70. The van der Waals surface area contributed by atoms with Crippen LogP contribution >= 0.6 is 0 Å². The number of amides is 2. The van der Waals surface area contributed by atoms with Gasteiger partial charge in [0.15, 0.2) is 0 Å². The topological polar surface area (TPSA) is 118 Å². The molecule has 0 saturated heterocycles. The molecule has 38 heavy (non-hydrogen) atoms. The van der Waals surface area contributed by atoms with Crippen LogP contribution in [0.3, 0.4) is 0 Å². The number of aliphatic carboxylic acids is 1. The molecule has 200 valence electrons. The maximum atomic E-state index is 12.9. The summed E-state index contributed by atoms with van der Waals surface area (Å²) >= 11 is 0. The molecular formula is C27H26F3N3O5. The van der Waals surface area contributed by atoms with E-state index < -0.39 is 42.0 Å². The average Bonchev–Trinajstić information content (AvgIpc) is 2.87. The number of halogens is 3. The van der Waals surface area contributed by atoms with Crippen molar-refractivity contribution in [3.8, 4) is 5.75 Å². The van der Waals surface area contributed by atoms with Gasteiger partial charge in [0.1, 0.15) is 12.4 Å². The fourth-order valence-electron chi connectivity index (χ4n) is 4.70. The number of aryl methyl sites for hydroxylation is 1. The molecule has 1 heterocycles. The minimum Gasteiger partial charge on any atom is -0.489 e. The normalized spacial score (nSPS) is 19.5. The summed E-state index contributed by atoms with van der Waals surface area (Å²) < 4.78 is 44.3. The molecule has 1 unspecified atom stereocenters. The molecule has 0 aliphatic heterocycles. The molecule has 0 spiro atoms. The Kier molecular flexibility index (Phi) is 7.84. The van der Waals surface area contributed by atoms with Gasteiger partial charge < -0.3 is 20.5 Å². The van der Waals surface area contributed by atoms with E-state index in [2.05, 4.69) is 10.3 Å². The van der Waals surface area contributed by atoms with Crippen LogP contribution in [0, 0.1) is 12.8 Å². The average molecular weight is 530 g/mol. The van der Waals surface area contributed by atoms with Crippen LogP contribution < -0.4 is 15.4 Å². The Balaban J connectivity index is 1.45. The zero-order valence-corrected chi connectivity index (χ0v) is 20.4. The zero-order valence-electron chi connectivity index (χ0n) is 20.4. The van der Waals surface area contributed by atoms with Crippen LogP contribution in [0.2, 0.25) is 0 Å². The number of nitrogens with zero attached hydrogens (tertiary/aromatic N) is 1. The van der Waals surface area contributed by atoms with E-state index in [-0.39, 0.29) is 25.0 Å². The first-order valence-corrected chi connectivity index (χ1v) is 12.0. The molecule has 1 saturated carbocycles. The Morgan fingerprint density at radius 1 is 1.05 bits per heavy atom. The van der Waals surface area contributed by atoms with Crippen LogP contribution in [-0.4, -0.2) is 46.1 Å². The number of hydrogen-bond donors (Lipinski definition) is 3. The van der Waals surface area contributed by atoms with Crippen molar-refractivity contribution in [3.05, 3.63) is 71.4 Å². The van der Waals surface area contributed by atoms with Gasteiger partial charge >= 0.3 is 18.1 Å². The number of aromatic nitrogens is 1. The quantitative estimate of drug-likeness (QED) is 0.423. The highest BCUT2D eigenvalue weighted by molar-refractivity contribution is 5.95. The van der Waals surface area contributed by atoms with Crippen molar-refractivity contribution in [1.29, 1.82) is 0 Å². The lowest BCUT2D eigenvalue weighted by Crippen LogP contribution is -2.60. The molecule has 3 aromatic rings. The van der Waals surface area contributed by atoms with E-state index in [1.807, 2.05) is 42.6 Å². The predicted octanol–water partition coefficient (Wildman–Crippen LogP) is 4.15. The second-order valence-electron chi connectivity index (χ2n) is 9.21. The number of ether oxygens (including phenoxy) is 1. The van der Waals surface area contributed by atoms with Crippen LogP contribution in [0.25, 0.3) is 10.9 Å². The van der Waals surface area contributed by atoms with Crippen LogP contribution in [0.1, 0.15) is 40.9 Å². The molecule has 2 aromatic carbocycles. The molecule has 3 N–H and O–H groups in total. The second kappa shape index (κ2) is 11.1. The van der Waals surface area contributed by atoms with Crippen LogP contribution in [0.15, 0.2) is 54.6 Å². The number of carboxylic acid groups (broad SMARTS) is 1. The Hall–Kier alpha value is -4.15. The number of hydrogen-bond acceptors (Lipinski definition) is 5. The third kappa shape index (κ3) is 6.21. The van der Waals surface area contributed by atoms with Crippen LogP contribution in [0.5, 0.6) is 5.75 Å². The van der Waals surface area contributed by atoms with Gasteiger partial charge in [0.2, 0.25) is 0 Å². The molecule has 1 aromatic heterocycles. The molecule has 0 radical (unpaired) electrons. The van der Waals surface area contributed by atoms with E-state index in [1.54, 1.807) is 12.1 Å². The number of para-hydroxylation sites is 1. The first kappa shape index (κ1) is 26.9. The van der Waals surface area contributed by atoms with Gasteiger partial charge in [-0.25, -0.2) is 0 Å². The van der Waals surface area contributed by atoms with Crippen molar-refractivity contribution in [1.82, 2.24) is 15.6 Å². The third-order valence-corrected chi connectivity index (χ3v) is 6.53. The Morgan fingerprint density at radius 3 is 2.45 bits per heavy atom. The number of fused-ring (bicyclic) bond motifs is 1. The fraction of sp³-hybridized carbons (Fsp3) is 0.333. The molecule has 4 rings (SSSR count). The lowest BCUT2D eigenvalue weighted by atomic mass is 9.80. The largest absolute Gasteiger partial charge is 0.489 e. The lowest BCUT2D eigenvalue weighted by molar-refractivity contribution is -0.175. The van der Waals surface area contributed by atoms with Crippen molar-refractivity contribution in [2.45, 2.75) is 51.1 Å². The second-order valence-corrected chi connectivity index (χ2v) is 9.21. The number of nitrogens with one attached hydrogen (secondary N) is 2. The molecule has 11 heteroatoms. The van der Waals surface area contributed by atoms with Gasteiger partial charge in [0.25, 0.3) is 5.91 Å². The lowest BCUT2D eigenvalue weighted by Gasteiger charge is -2.37. The summed E-state index contributed by atoms with van der Waals surface area (Å²) in [5, 5.41) is 14.9. The van der Waals surface area contributed by atoms with E-state index in [9.17, 15) is 32.7 Å². The summed E-state index contributed by atoms with van der Waals surface area (Å²) in [6.45, 7) is 2.15. The van der Waals surface area contributed by atoms with Gasteiger partial charge in [-0.3, -0.25) is 19.4 Å². The number of rotatable bonds is 7. The van der Waals surface area contributed by atoms with E-state index in [0.29, 0.717) is 12.2 Å². The maximum Gasteiger partial charge on any atom is 0.471 e.